The predicted molar refractivity (Wildman–Crippen MR) is 135 cm³/mol. The molecule has 0 unspecified atom stereocenters. The van der Waals surface area contributed by atoms with Crippen LogP contribution in [0.3, 0.4) is 0 Å². The Bertz CT molecular complexity index is 1030. The molecule has 1 saturated heterocycles. The van der Waals surface area contributed by atoms with Crippen LogP contribution in [-0.2, 0) is 4.74 Å². The number of hydrogen-bond donors (Lipinski definition) is 2. The number of hydrogen-bond acceptors (Lipinski definition) is 5. The van der Waals surface area contributed by atoms with Gasteiger partial charge in [-0.05, 0) is 64.5 Å². The molecule has 0 atom stereocenters. The van der Waals surface area contributed by atoms with E-state index in [9.17, 15) is 4.79 Å². The average molecular weight is 470 g/mol. The van der Waals surface area contributed by atoms with Gasteiger partial charge in [-0.3, -0.25) is 5.32 Å². The van der Waals surface area contributed by atoms with Crippen molar-refractivity contribution in [2.24, 2.45) is 4.99 Å². The molecular weight excluding hydrogens is 438 g/mol. The number of benzene rings is 1. The van der Waals surface area contributed by atoms with Crippen LogP contribution in [0.25, 0.3) is 0 Å². The standard InChI is InChI=1S/C23H31N7O2S/c1-6-32-23(31)30-11-9-29(10-12-30)21(27-20-24-17(4)14-18(5)25-20)28-22(33)26-19-8-7-15(2)13-16(19)3/h7-8,13-14H,6,9-12H2,1-5H3,(H2,24,25,26,27,28,33). The second-order valence-electron chi connectivity index (χ2n) is 7.96. The van der Waals surface area contributed by atoms with E-state index < -0.39 is 0 Å². The zero-order valence-corrected chi connectivity index (χ0v) is 20.6. The zero-order chi connectivity index (χ0) is 24.0. The lowest BCUT2D eigenvalue weighted by Gasteiger charge is -2.35. The minimum atomic E-state index is -0.298. The van der Waals surface area contributed by atoms with Crippen LogP contribution < -0.4 is 10.6 Å². The number of aromatic nitrogens is 2. The molecule has 1 aliphatic rings. The maximum Gasteiger partial charge on any atom is 0.409 e. The number of ether oxygens (including phenoxy) is 1. The first kappa shape index (κ1) is 24.4. The first-order valence-electron chi connectivity index (χ1n) is 11.0. The number of guanidine groups is 1. The van der Waals surface area contributed by atoms with Crippen LogP contribution in [0.15, 0.2) is 29.3 Å². The number of nitrogens with zero attached hydrogens (tertiary/aromatic N) is 5. The Morgan fingerprint density at radius 3 is 2.27 bits per heavy atom. The molecule has 1 fully saturated rings. The number of aryl methyl sites for hydroxylation is 4. The number of thiocarbonyl (C=S) groups is 1. The molecule has 0 saturated carbocycles. The van der Waals surface area contributed by atoms with E-state index in [0.29, 0.717) is 49.8 Å². The van der Waals surface area contributed by atoms with Crippen molar-refractivity contribution in [3.05, 3.63) is 46.8 Å². The van der Waals surface area contributed by atoms with E-state index in [1.807, 2.05) is 43.9 Å². The van der Waals surface area contributed by atoms with Crippen LogP contribution in [0.1, 0.15) is 29.4 Å². The van der Waals surface area contributed by atoms with Crippen LogP contribution in [-0.4, -0.2) is 69.7 Å². The highest BCUT2D eigenvalue weighted by Crippen LogP contribution is 2.17. The van der Waals surface area contributed by atoms with Crippen molar-refractivity contribution < 1.29 is 9.53 Å². The highest BCUT2D eigenvalue weighted by Gasteiger charge is 2.25. The number of carbonyl (C=O) groups is 1. The maximum absolute atomic E-state index is 12.1. The van der Waals surface area contributed by atoms with Crippen LogP contribution in [0.4, 0.5) is 16.4 Å². The number of aliphatic imine (C=N–C) groups is 1. The molecule has 1 aromatic heterocycles. The number of piperazine rings is 1. The Labute approximate surface area is 200 Å². The van der Waals surface area contributed by atoms with Crippen LogP contribution in [0.5, 0.6) is 0 Å². The lowest BCUT2D eigenvalue weighted by Crippen LogP contribution is -2.52. The van der Waals surface area contributed by atoms with Crippen LogP contribution in [0, 0.1) is 27.7 Å². The molecule has 3 rings (SSSR count). The van der Waals surface area contributed by atoms with E-state index in [0.717, 1.165) is 22.6 Å². The van der Waals surface area contributed by atoms with Crippen molar-refractivity contribution >= 4 is 41.0 Å². The zero-order valence-electron chi connectivity index (χ0n) is 19.8. The Kier molecular flexibility index (Phi) is 8.16. The molecule has 9 nitrogen and oxygen atoms in total. The third kappa shape index (κ3) is 6.85. The van der Waals surface area contributed by atoms with Crippen molar-refractivity contribution in [2.75, 3.05) is 43.4 Å². The molecular formula is C23H31N7O2S. The third-order valence-corrected chi connectivity index (χ3v) is 5.34. The summed E-state index contributed by atoms with van der Waals surface area (Å²) < 4.78 is 5.12. The molecule has 2 N–H and O–H groups in total. The quantitative estimate of drug-likeness (QED) is 0.400. The molecule has 10 heteroatoms. The molecule has 1 amide bonds. The number of rotatable bonds is 3. The topological polar surface area (TPSA) is 95.0 Å². The molecule has 33 heavy (non-hydrogen) atoms. The van der Waals surface area contributed by atoms with E-state index in [1.165, 1.54) is 5.56 Å². The summed E-state index contributed by atoms with van der Waals surface area (Å²) >= 11 is 5.55. The summed E-state index contributed by atoms with van der Waals surface area (Å²) in [6.45, 7) is 12.3. The van der Waals surface area contributed by atoms with Gasteiger partial charge in [0, 0.05) is 43.3 Å². The Hall–Kier alpha value is -3.27. The third-order valence-electron chi connectivity index (χ3n) is 5.14. The predicted octanol–water partition coefficient (Wildman–Crippen LogP) is 3.65. The van der Waals surface area contributed by atoms with Crippen molar-refractivity contribution in [2.45, 2.75) is 34.6 Å². The molecule has 2 heterocycles. The van der Waals surface area contributed by atoms with Crippen molar-refractivity contribution in [1.29, 1.82) is 0 Å². The number of nitrogens with one attached hydrogen (secondary N) is 2. The lowest BCUT2D eigenvalue weighted by atomic mass is 10.1. The molecule has 0 bridgehead atoms. The van der Waals surface area contributed by atoms with Gasteiger partial charge in [0.2, 0.25) is 17.0 Å². The first-order valence-corrected chi connectivity index (χ1v) is 11.4. The summed E-state index contributed by atoms with van der Waals surface area (Å²) in [5, 5.41) is 6.76. The van der Waals surface area contributed by atoms with E-state index in [-0.39, 0.29) is 6.09 Å². The Morgan fingerprint density at radius 1 is 1.03 bits per heavy atom. The summed E-state index contributed by atoms with van der Waals surface area (Å²) in [6, 6.07) is 8.02. The van der Waals surface area contributed by atoms with Gasteiger partial charge in [-0.1, -0.05) is 17.7 Å². The summed E-state index contributed by atoms with van der Waals surface area (Å²) in [5.41, 5.74) is 4.88. The van der Waals surface area contributed by atoms with E-state index in [4.69, 9.17) is 17.0 Å². The van der Waals surface area contributed by atoms with Gasteiger partial charge in [0.05, 0.1) is 6.61 Å². The minimum absolute atomic E-state index is 0.298. The highest BCUT2D eigenvalue weighted by molar-refractivity contribution is 7.80. The first-order chi connectivity index (χ1) is 15.7. The summed E-state index contributed by atoms with van der Waals surface area (Å²) in [5.74, 6) is 0.985. The SMILES string of the molecule is CCOC(=O)N1CCN(/C(=N\C(=S)Nc2ccc(C)cc2C)Nc2nc(C)cc(C)n2)CC1. The lowest BCUT2D eigenvalue weighted by molar-refractivity contribution is 0.0920. The number of carbonyl (C=O) groups excluding carboxylic acids is 1. The monoisotopic (exact) mass is 469 g/mol. The van der Waals surface area contributed by atoms with Crippen molar-refractivity contribution in [1.82, 2.24) is 19.8 Å². The smallest absolute Gasteiger partial charge is 0.409 e. The van der Waals surface area contributed by atoms with Crippen molar-refractivity contribution in [3.8, 4) is 0 Å². The van der Waals surface area contributed by atoms with Gasteiger partial charge >= 0.3 is 6.09 Å². The maximum atomic E-state index is 12.1. The van der Waals surface area contributed by atoms with Crippen LogP contribution >= 0.6 is 12.2 Å². The second kappa shape index (κ2) is 11.0. The van der Waals surface area contributed by atoms with Gasteiger partial charge in [0.25, 0.3) is 0 Å². The Morgan fingerprint density at radius 2 is 1.67 bits per heavy atom. The fraction of sp³-hybridized carbons (Fsp3) is 0.435. The average Bonchev–Trinajstić information content (AvgIpc) is 2.75. The van der Waals surface area contributed by atoms with Gasteiger partial charge in [-0.15, -0.1) is 0 Å². The van der Waals surface area contributed by atoms with Gasteiger partial charge in [0.1, 0.15) is 0 Å². The van der Waals surface area contributed by atoms with Gasteiger partial charge < -0.3 is 19.9 Å². The molecule has 0 radical (unpaired) electrons. The molecule has 1 aliphatic heterocycles. The highest BCUT2D eigenvalue weighted by atomic mass is 32.1. The molecule has 176 valence electrons. The molecule has 0 aliphatic carbocycles. The van der Waals surface area contributed by atoms with Crippen molar-refractivity contribution in [3.63, 3.8) is 0 Å². The minimum Gasteiger partial charge on any atom is -0.450 e. The van der Waals surface area contributed by atoms with Gasteiger partial charge in [0.15, 0.2) is 0 Å². The number of amides is 1. The fourth-order valence-electron chi connectivity index (χ4n) is 3.57. The van der Waals surface area contributed by atoms with E-state index >= 15 is 0 Å². The summed E-state index contributed by atoms with van der Waals surface area (Å²) in [7, 11) is 0. The summed E-state index contributed by atoms with van der Waals surface area (Å²) in [4.78, 5) is 29.4. The largest absolute Gasteiger partial charge is 0.450 e. The van der Waals surface area contributed by atoms with Crippen LogP contribution in [0.2, 0.25) is 0 Å². The molecule has 0 spiro atoms. The van der Waals surface area contributed by atoms with Gasteiger partial charge in [-0.2, -0.15) is 4.99 Å². The number of anilines is 2. The summed E-state index contributed by atoms with van der Waals surface area (Å²) in [6.07, 6.45) is -0.298. The van der Waals surface area contributed by atoms with Gasteiger partial charge in [-0.25, -0.2) is 14.8 Å². The van der Waals surface area contributed by atoms with E-state index in [1.54, 1.807) is 11.8 Å². The normalized spacial score (nSPS) is 14.2. The molecule has 1 aromatic carbocycles. The Balaban J connectivity index is 1.80. The van der Waals surface area contributed by atoms with E-state index in [2.05, 4.69) is 38.6 Å². The fourth-order valence-corrected chi connectivity index (χ4v) is 3.76. The molecule has 2 aromatic rings. The second-order valence-corrected chi connectivity index (χ2v) is 8.34.